The van der Waals surface area contributed by atoms with Gasteiger partial charge < -0.3 is 20.4 Å². The molecular weight excluding hydrogens is 356 g/mol. The number of hydrogen-bond acceptors (Lipinski definition) is 6. The summed E-state index contributed by atoms with van der Waals surface area (Å²) in [5.74, 6) is -1.71. The number of carbonyl (C=O) groups excluding carboxylic acids is 2. The molecular formula is C17H22N4O6. The van der Waals surface area contributed by atoms with Crippen LogP contribution in [0, 0.1) is 5.21 Å². The predicted molar refractivity (Wildman–Crippen MR) is 92.9 cm³/mol. The van der Waals surface area contributed by atoms with E-state index in [2.05, 4.69) is 10.6 Å². The van der Waals surface area contributed by atoms with Crippen LogP contribution in [0.4, 0.5) is 0 Å². The van der Waals surface area contributed by atoms with E-state index in [0.29, 0.717) is 24.3 Å². The monoisotopic (exact) mass is 378 g/mol. The number of hydrogen-bond donors (Lipinski definition) is 3. The SMILES string of the molecule is COc1ccc(C(=O)NC2CCC(=O)N3C(C(=O)O)NCCC[N+]23[O-])cc1. The minimum Gasteiger partial charge on any atom is -0.604 e. The Morgan fingerprint density at radius 1 is 1.37 bits per heavy atom. The highest BCUT2D eigenvalue weighted by atomic mass is 16.6. The zero-order valence-electron chi connectivity index (χ0n) is 14.9. The number of benzene rings is 1. The van der Waals surface area contributed by atoms with Gasteiger partial charge in [0.05, 0.1) is 7.11 Å². The van der Waals surface area contributed by atoms with Crippen molar-refractivity contribution in [3.8, 4) is 5.75 Å². The van der Waals surface area contributed by atoms with E-state index >= 15 is 0 Å². The molecule has 0 radical (unpaired) electrons. The van der Waals surface area contributed by atoms with Crippen molar-refractivity contribution in [2.75, 3.05) is 20.2 Å². The number of aliphatic carboxylic acids is 1. The summed E-state index contributed by atoms with van der Waals surface area (Å²) in [5.41, 5.74) is 0.341. The van der Waals surface area contributed by atoms with E-state index < -0.39 is 34.9 Å². The number of methoxy groups -OCH3 is 1. The highest BCUT2D eigenvalue weighted by Crippen LogP contribution is 2.30. The van der Waals surface area contributed by atoms with E-state index in [4.69, 9.17) is 4.74 Å². The second kappa shape index (κ2) is 7.51. The molecule has 2 amide bonds. The summed E-state index contributed by atoms with van der Waals surface area (Å²) in [6.45, 7) is 0.290. The molecule has 10 heteroatoms. The standard InChI is InChI=1S/C17H22N4O6/c1-27-12-5-3-11(4-6-12)16(23)19-13-7-8-14(22)20-15(17(24)25)18-9-2-10-21(13,20)26/h3-6,13,15,18H,2,7-10H2,1H3,(H,19,23)(H,24,25). The van der Waals surface area contributed by atoms with Crippen LogP contribution in [-0.2, 0) is 9.59 Å². The Hall–Kier alpha value is -2.69. The van der Waals surface area contributed by atoms with Gasteiger partial charge in [0.15, 0.2) is 6.17 Å². The normalized spacial score (nSPS) is 28.1. The van der Waals surface area contributed by atoms with Gasteiger partial charge in [-0.05, 0) is 24.3 Å². The number of carboxylic acids is 1. The van der Waals surface area contributed by atoms with Crippen molar-refractivity contribution in [2.24, 2.45) is 0 Å². The van der Waals surface area contributed by atoms with Crippen molar-refractivity contribution in [2.45, 2.75) is 31.6 Å². The zero-order valence-corrected chi connectivity index (χ0v) is 14.9. The van der Waals surface area contributed by atoms with Crippen LogP contribution in [0.25, 0.3) is 0 Å². The van der Waals surface area contributed by atoms with Crippen LogP contribution in [0.3, 0.4) is 0 Å². The number of ether oxygens (including phenoxy) is 1. The van der Waals surface area contributed by atoms with Crippen LogP contribution in [0.15, 0.2) is 24.3 Å². The van der Waals surface area contributed by atoms with Crippen molar-refractivity contribution < 1.29 is 29.0 Å². The molecule has 2 fully saturated rings. The fraction of sp³-hybridized carbons (Fsp3) is 0.471. The molecule has 1 aromatic carbocycles. The lowest BCUT2D eigenvalue weighted by molar-refractivity contribution is -1.01. The largest absolute Gasteiger partial charge is 0.604 e. The number of amides is 2. The lowest BCUT2D eigenvalue weighted by atomic mass is 10.1. The number of nitrogens with zero attached hydrogens (tertiary/aromatic N) is 2. The molecule has 3 rings (SSSR count). The molecule has 146 valence electrons. The Labute approximate surface area is 155 Å². The highest BCUT2D eigenvalue weighted by molar-refractivity contribution is 5.94. The van der Waals surface area contributed by atoms with Crippen LogP contribution in [-0.4, -0.2) is 65.2 Å². The first-order valence-corrected chi connectivity index (χ1v) is 8.69. The highest BCUT2D eigenvalue weighted by Gasteiger charge is 2.50. The molecule has 2 aliphatic rings. The lowest BCUT2D eigenvalue weighted by Gasteiger charge is -2.55. The molecule has 3 N–H and O–H groups in total. The van der Waals surface area contributed by atoms with Gasteiger partial charge in [-0.2, -0.15) is 5.01 Å². The Kier molecular flexibility index (Phi) is 5.31. The fourth-order valence-corrected chi connectivity index (χ4v) is 3.49. The number of fused-ring (bicyclic) bond motifs is 1. The summed E-state index contributed by atoms with van der Waals surface area (Å²) in [6.07, 6.45) is -1.85. The van der Waals surface area contributed by atoms with Crippen LogP contribution >= 0.6 is 0 Å². The van der Waals surface area contributed by atoms with E-state index in [0.717, 1.165) is 5.01 Å². The van der Waals surface area contributed by atoms with Gasteiger partial charge in [0.1, 0.15) is 12.3 Å². The Bertz CT molecular complexity index is 739. The third-order valence-corrected chi connectivity index (χ3v) is 4.86. The smallest absolute Gasteiger partial charge is 0.347 e. The van der Waals surface area contributed by atoms with E-state index in [1.165, 1.54) is 7.11 Å². The fourth-order valence-electron chi connectivity index (χ4n) is 3.49. The molecule has 0 aliphatic carbocycles. The van der Waals surface area contributed by atoms with E-state index in [9.17, 15) is 24.7 Å². The number of rotatable bonds is 4. The molecule has 3 unspecified atom stereocenters. The quantitative estimate of drug-likeness (QED) is 0.497. The Morgan fingerprint density at radius 2 is 2.07 bits per heavy atom. The molecule has 1 aromatic rings. The lowest BCUT2D eigenvalue weighted by Crippen LogP contribution is -2.74. The number of hydroxylamine groups is 2. The Morgan fingerprint density at radius 3 is 2.70 bits per heavy atom. The van der Waals surface area contributed by atoms with Crippen molar-refractivity contribution in [1.82, 2.24) is 15.6 Å². The first-order valence-electron chi connectivity index (χ1n) is 8.69. The maximum Gasteiger partial charge on any atom is 0.347 e. The second-order valence-corrected chi connectivity index (χ2v) is 6.52. The summed E-state index contributed by atoms with van der Waals surface area (Å²) in [6, 6.07) is 6.39. The van der Waals surface area contributed by atoms with Gasteiger partial charge in [0.2, 0.25) is 6.17 Å². The number of nitrogens with one attached hydrogen (secondary N) is 2. The third kappa shape index (κ3) is 3.59. The average molecular weight is 378 g/mol. The van der Waals surface area contributed by atoms with Crippen LogP contribution in [0.2, 0.25) is 0 Å². The number of quaternary nitrogens is 1. The van der Waals surface area contributed by atoms with Gasteiger partial charge in [-0.25, -0.2) is 9.55 Å². The summed E-state index contributed by atoms with van der Waals surface area (Å²) in [7, 11) is 1.51. The number of carboxylic acid groups (broad SMARTS) is 1. The molecule has 3 atom stereocenters. The zero-order chi connectivity index (χ0) is 19.6. The predicted octanol–water partition coefficient (Wildman–Crippen LogP) is 0.00710. The van der Waals surface area contributed by atoms with Gasteiger partial charge in [0.25, 0.3) is 11.8 Å². The average Bonchev–Trinajstić information content (AvgIpc) is 2.84. The van der Waals surface area contributed by atoms with Gasteiger partial charge in [-0.3, -0.25) is 14.9 Å². The maximum atomic E-state index is 13.6. The minimum absolute atomic E-state index is 0.00389. The van der Waals surface area contributed by atoms with Crippen molar-refractivity contribution in [1.29, 1.82) is 0 Å². The molecule has 2 heterocycles. The second-order valence-electron chi connectivity index (χ2n) is 6.52. The molecule has 10 nitrogen and oxygen atoms in total. The van der Waals surface area contributed by atoms with Gasteiger partial charge >= 0.3 is 5.97 Å². The summed E-state index contributed by atoms with van der Waals surface area (Å²) >= 11 is 0. The summed E-state index contributed by atoms with van der Waals surface area (Å²) < 4.78 is 3.85. The topological polar surface area (TPSA) is 131 Å². The first-order chi connectivity index (χ1) is 12.9. The summed E-state index contributed by atoms with van der Waals surface area (Å²) in [5, 5.41) is 29.2. The summed E-state index contributed by atoms with van der Waals surface area (Å²) in [4.78, 5) is 36.5. The molecule has 0 bridgehead atoms. The van der Waals surface area contributed by atoms with Crippen LogP contribution in [0.5, 0.6) is 5.75 Å². The Balaban J connectivity index is 1.85. The van der Waals surface area contributed by atoms with E-state index in [1.54, 1.807) is 24.3 Å². The third-order valence-electron chi connectivity index (χ3n) is 4.86. The maximum absolute atomic E-state index is 13.6. The molecule has 27 heavy (non-hydrogen) atoms. The molecule has 2 aliphatic heterocycles. The molecule has 0 spiro atoms. The molecule has 0 saturated carbocycles. The van der Waals surface area contributed by atoms with E-state index in [-0.39, 0.29) is 19.4 Å². The van der Waals surface area contributed by atoms with Crippen LogP contribution in [0.1, 0.15) is 29.6 Å². The minimum atomic E-state index is -1.42. The first kappa shape index (κ1) is 19.1. The molecule has 0 aromatic heterocycles. The van der Waals surface area contributed by atoms with Gasteiger partial charge in [0, 0.05) is 31.4 Å². The van der Waals surface area contributed by atoms with Crippen molar-refractivity contribution >= 4 is 17.8 Å². The van der Waals surface area contributed by atoms with E-state index in [1.807, 2.05) is 0 Å². The van der Waals surface area contributed by atoms with Gasteiger partial charge in [-0.15, -0.1) is 0 Å². The number of carbonyl (C=O) groups is 3. The van der Waals surface area contributed by atoms with Crippen molar-refractivity contribution in [3.05, 3.63) is 35.0 Å². The van der Waals surface area contributed by atoms with Gasteiger partial charge in [-0.1, -0.05) is 0 Å². The molecule has 2 saturated heterocycles. The van der Waals surface area contributed by atoms with Crippen molar-refractivity contribution in [3.63, 3.8) is 0 Å². The van der Waals surface area contributed by atoms with Crippen LogP contribution < -0.4 is 15.4 Å².